The van der Waals surface area contributed by atoms with E-state index in [9.17, 15) is 12.8 Å². The molecule has 2 aromatic carbocycles. The second-order valence-corrected chi connectivity index (χ2v) is 9.11. The summed E-state index contributed by atoms with van der Waals surface area (Å²) in [4.78, 5) is -0.00793. The van der Waals surface area contributed by atoms with Crippen molar-refractivity contribution >= 4 is 33.2 Å². The highest BCUT2D eigenvalue weighted by Gasteiger charge is 2.36. The van der Waals surface area contributed by atoms with Crippen molar-refractivity contribution in [2.75, 3.05) is 13.1 Å². The van der Waals surface area contributed by atoms with Gasteiger partial charge in [0.1, 0.15) is 16.8 Å². The average molecular weight is 425 g/mol. The molecule has 8 heteroatoms. The molecule has 0 saturated carbocycles. The number of benzene rings is 2. The lowest BCUT2D eigenvalue weighted by Crippen LogP contribution is -2.29. The second-order valence-electron chi connectivity index (χ2n) is 6.36. The molecule has 1 heterocycles. The van der Waals surface area contributed by atoms with Crippen LogP contribution in [-0.4, -0.2) is 25.8 Å². The summed E-state index contributed by atoms with van der Waals surface area (Å²) < 4.78 is 40.9. The lowest BCUT2D eigenvalue weighted by molar-refractivity contribution is 0.456. The van der Waals surface area contributed by atoms with Crippen LogP contribution in [0.25, 0.3) is 0 Å². The Morgan fingerprint density at radius 1 is 1.26 bits per heavy atom. The standard InChI is InChI=1S/C19H15Cl2FN2O2S/c1-12-10-24(27(25,26)19-5-4-16(20)8-17(19)21)11-15(12)6-13-2-3-14(9-23)18(22)7-13/h2-5,7-8,15H,1,6,10-11H2. The number of nitriles is 1. The van der Waals surface area contributed by atoms with Crippen molar-refractivity contribution in [1.29, 1.82) is 5.26 Å². The zero-order valence-electron chi connectivity index (χ0n) is 14.1. The molecule has 140 valence electrons. The summed E-state index contributed by atoms with van der Waals surface area (Å²) in [7, 11) is -3.80. The predicted molar refractivity (Wildman–Crippen MR) is 103 cm³/mol. The number of hydrogen-bond acceptors (Lipinski definition) is 3. The Morgan fingerprint density at radius 3 is 2.63 bits per heavy atom. The van der Waals surface area contributed by atoms with E-state index in [4.69, 9.17) is 28.5 Å². The Balaban J connectivity index is 1.81. The van der Waals surface area contributed by atoms with Gasteiger partial charge < -0.3 is 0 Å². The molecule has 0 N–H and O–H groups in total. The maximum atomic E-state index is 13.8. The van der Waals surface area contributed by atoms with Crippen molar-refractivity contribution in [3.8, 4) is 6.07 Å². The molecule has 0 aliphatic carbocycles. The molecule has 0 radical (unpaired) electrons. The molecule has 0 spiro atoms. The van der Waals surface area contributed by atoms with Gasteiger partial charge in [0.15, 0.2) is 0 Å². The Kier molecular flexibility index (Phi) is 5.59. The number of nitrogens with zero attached hydrogens (tertiary/aromatic N) is 2. The lowest BCUT2D eigenvalue weighted by Gasteiger charge is -2.17. The maximum absolute atomic E-state index is 13.8. The van der Waals surface area contributed by atoms with E-state index < -0.39 is 15.8 Å². The van der Waals surface area contributed by atoms with E-state index in [1.807, 2.05) is 0 Å². The summed E-state index contributed by atoms with van der Waals surface area (Å²) in [5.41, 5.74) is 1.40. The quantitative estimate of drug-likeness (QED) is 0.682. The molecular weight excluding hydrogens is 410 g/mol. The molecule has 1 saturated heterocycles. The first-order valence-electron chi connectivity index (χ1n) is 8.03. The topological polar surface area (TPSA) is 61.2 Å². The normalized spacial score (nSPS) is 17.9. The minimum atomic E-state index is -3.80. The van der Waals surface area contributed by atoms with E-state index in [0.717, 1.165) is 5.57 Å². The summed E-state index contributed by atoms with van der Waals surface area (Å²) >= 11 is 11.9. The summed E-state index contributed by atoms with van der Waals surface area (Å²) in [5.74, 6) is -0.741. The van der Waals surface area contributed by atoms with Gasteiger partial charge in [0.25, 0.3) is 0 Å². The van der Waals surface area contributed by atoms with Gasteiger partial charge in [-0.05, 0) is 48.2 Å². The third-order valence-corrected chi connectivity index (χ3v) is 7.06. The summed E-state index contributed by atoms with van der Waals surface area (Å²) in [5, 5.41) is 9.22. The first-order chi connectivity index (χ1) is 12.7. The maximum Gasteiger partial charge on any atom is 0.244 e. The molecule has 0 bridgehead atoms. The highest BCUT2D eigenvalue weighted by Crippen LogP contribution is 2.33. The fraction of sp³-hybridized carbons (Fsp3) is 0.211. The van der Waals surface area contributed by atoms with E-state index in [-0.39, 0.29) is 34.5 Å². The molecule has 2 aromatic rings. The average Bonchev–Trinajstić information content (AvgIpc) is 2.96. The van der Waals surface area contributed by atoms with E-state index in [1.54, 1.807) is 12.1 Å². The smallest absolute Gasteiger partial charge is 0.207 e. The van der Waals surface area contributed by atoms with Crippen LogP contribution in [0.5, 0.6) is 0 Å². The summed E-state index contributed by atoms with van der Waals surface area (Å²) in [6, 6.07) is 10.4. The third-order valence-electron chi connectivity index (χ3n) is 4.53. The van der Waals surface area contributed by atoms with Crippen molar-refractivity contribution in [3.05, 3.63) is 75.5 Å². The number of sulfonamides is 1. The van der Waals surface area contributed by atoms with E-state index in [1.165, 1.54) is 34.6 Å². The molecule has 0 aromatic heterocycles. The monoisotopic (exact) mass is 424 g/mol. The van der Waals surface area contributed by atoms with Gasteiger partial charge >= 0.3 is 0 Å². The largest absolute Gasteiger partial charge is 0.244 e. The molecule has 1 aliphatic heterocycles. The Hall–Kier alpha value is -1.91. The van der Waals surface area contributed by atoms with Crippen LogP contribution in [0.3, 0.4) is 0 Å². The van der Waals surface area contributed by atoms with Gasteiger partial charge in [-0.3, -0.25) is 0 Å². The zero-order valence-corrected chi connectivity index (χ0v) is 16.5. The van der Waals surface area contributed by atoms with Gasteiger partial charge in [-0.1, -0.05) is 41.4 Å². The van der Waals surface area contributed by atoms with Crippen molar-refractivity contribution < 1.29 is 12.8 Å². The lowest BCUT2D eigenvalue weighted by atomic mass is 9.95. The van der Waals surface area contributed by atoms with Gasteiger partial charge in [-0.25, -0.2) is 12.8 Å². The number of rotatable bonds is 4. The van der Waals surface area contributed by atoms with Crippen LogP contribution in [0.4, 0.5) is 4.39 Å². The van der Waals surface area contributed by atoms with Gasteiger partial charge in [0, 0.05) is 18.1 Å². The van der Waals surface area contributed by atoms with Crippen LogP contribution in [0.2, 0.25) is 10.0 Å². The zero-order chi connectivity index (χ0) is 19.8. The predicted octanol–water partition coefficient (Wildman–Crippen LogP) is 4.42. The van der Waals surface area contributed by atoms with Gasteiger partial charge in [-0.15, -0.1) is 0 Å². The van der Waals surface area contributed by atoms with Crippen LogP contribution >= 0.6 is 23.2 Å². The highest BCUT2D eigenvalue weighted by molar-refractivity contribution is 7.89. The van der Waals surface area contributed by atoms with Crippen LogP contribution in [0.1, 0.15) is 11.1 Å². The summed E-state index contributed by atoms with van der Waals surface area (Å²) in [6.07, 6.45) is 0.432. The molecule has 1 fully saturated rings. The molecular formula is C19H15Cl2FN2O2S. The Morgan fingerprint density at radius 2 is 2.00 bits per heavy atom. The van der Waals surface area contributed by atoms with E-state index >= 15 is 0 Å². The van der Waals surface area contributed by atoms with Crippen LogP contribution in [0, 0.1) is 23.1 Å². The molecule has 3 rings (SSSR count). The van der Waals surface area contributed by atoms with Crippen LogP contribution in [0.15, 0.2) is 53.4 Å². The first kappa shape index (κ1) is 19.8. The van der Waals surface area contributed by atoms with Crippen molar-refractivity contribution in [3.63, 3.8) is 0 Å². The van der Waals surface area contributed by atoms with Gasteiger partial charge in [-0.2, -0.15) is 9.57 Å². The fourth-order valence-electron chi connectivity index (χ4n) is 3.07. The first-order valence-corrected chi connectivity index (χ1v) is 10.2. The third kappa shape index (κ3) is 4.02. The van der Waals surface area contributed by atoms with Crippen molar-refractivity contribution in [1.82, 2.24) is 4.31 Å². The van der Waals surface area contributed by atoms with Crippen LogP contribution < -0.4 is 0 Å². The van der Waals surface area contributed by atoms with E-state index in [2.05, 4.69) is 6.58 Å². The number of hydrogen-bond donors (Lipinski definition) is 0. The fourth-order valence-corrected chi connectivity index (χ4v) is 5.31. The molecule has 1 unspecified atom stereocenters. The Labute approximate surface area is 167 Å². The van der Waals surface area contributed by atoms with Gasteiger partial charge in [0.05, 0.1) is 10.6 Å². The molecule has 27 heavy (non-hydrogen) atoms. The minimum Gasteiger partial charge on any atom is -0.207 e. The molecule has 1 atom stereocenters. The second kappa shape index (κ2) is 7.61. The SMILES string of the molecule is C=C1CN(S(=O)(=O)c2ccc(Cl)cc2Cl)CC1Cc1ccc(C#N)c(F)c1. The van der Waals surface area contributed by atoms with Crippen molar-refractivity contribution in [2.24, 2.45) is 5.92 Å². The van der Waals surface area contributed by atoms with Gasteiger partial charge in [0.2, 0.25) is 10.0 Å². The van der Waals surface area contributed by atoms with Crippen molar-refractivity contribution in [2.45, 2.75) is 11.3 Å². The number of halogens is 3. The molecule has 0 amide bonds. The summed E-state index contributed by atoms with van der Waals surface area (Å²) in [6.45, 7) is 4.37. The Bertz CT molecular complexity index is 1060. The van der Waals surface area contributed by atoms with Crippen LogP contribution in [-0.2, 0) is 16.4 Å². The molecule has 4 nitrogen and oxygen atoms in total. The van der Waals surface area contributed by atoms with E-state index in [0.29, 0.717) is 17.0 Å². The minimum absolute atomic E-state index is 0.00793. The highest BCUT2D eigenvalue weighted by atomic mass is 35.5. The molecule has 1 aliphatic rings.